The Balaban J connectivity index is 2.19. The average molecular weight is 298 g/mol. The van der Waals surface area contributed by atoms with E-state index >= 15 is 0 Å². The smallest absolute Gasteiger partial charge is 0.339 e. The van der Waals surface area contributed by atoms with E-state index in [4.69, 9.17) is 4.74 Å². The van der Waals surface area contributed by atoms with Crippen LogP contribution in [0.5, 0.6) is 5.75 Å². The number of hydrogen-bond donors (Lipinski definition) is 1. The summed E-state index contributed by atoms with van der Waals surface area (Å²) in [5.41, 5.74) is 2.18. The van der Waals surface area contributed by atoms with Crippen LogP contribution in [0.15, 0.2) is 42.5 Å². The van der Waals surface area contributed by atoms with Crippen LogP contribution in [0.1, 0.15) is 38.8 Å². The van der Waals surface area contributed by atoms with E-state index in [0.717, 1.165) is 5.56 Å². The molecule has 0 aromatic heterocycles. The lowest BCUT2D eigenvalue weighted by atomic mass is 10.0. The normalized spacial score (nSPS) is 10.3. The van der Waals surface area contributed by atoms with Crippen LogP contribution < -0.4 is 4.74 Å². The van der Waals surface area contributed by atoms with Crippen molar-refractivity contribution in [2.75, 3.05) is 6.61 Å². The zero-order chi connectivity index (χ0) is 16.1. The average Bonchev–Trinajstić information content (AvgIpc) is 2.49. The van der Waals surface area contributed by atoms with Gasteiger partial charge in [0.1, 0.15) is 11.3 Å². The molecule has 2 aromatic rings. The minimum Gasteiger partial charge on any atom is -0.492 e. The zero-order valence-corrected chi connectivity index (χ0v) is 12.6. The first-order valence-corrected chi connectivity index (χ1v) is 7.04. The van der Waals surface area contributed by atoms with Crippen LogP contribution in [0.3, 0.4) is 0 Å². The Bertz CT molecular complexity index is 690. The Labute approximate surface area is 129 Å². The highest BCUT2D eigenvalue weighted by Crippen LogP contribution is 2.26. The standard InChI is InChI=1S/C18H18O4/c1-12-10-15(13(2)19)11-16(18(20)21)17(12)22-9-8-14-6-4-3-5-7-14/h3-7,10-11H,8-9H2,1-2H3,(H,20,21). The second-order valence-corrected chi connectivity index (χ2v) is 5.12. The fraction of sp³-hybridized carbons (Fsp3) is 0.222. The Morgan fingerprint density at radius 1 is 1.14 bits per heavy atom. The monoisotopic (exact) mass is 298 g/mol. The first-order valence-electron chi connectivity index (χ1n) is 7.04. The molecule has 4 nitrogen and oxygen atoms in total. The van der Waals surface area contributed by atoms with E-state index in [2.05, 4.69) is 0 Å². The third-order valence-corrected chi connectivity index (χ3v) is 3.39. The summed E-state index contributed by atoms with van der Waals surface area (Å²) >= 11 is 0. The number of ketones is 1. The number of Topliss-reactive ketones (excluding diaryl/α,β-unsaturated/α-hetero) is 1. The molecule has 0 heterocycles. The Hall–Kier alpha value is -2.62. The largest absolute Gasteiger partial charge is 0.492 e. The molecule has 0 saturated heterocycles. The summed E-state index contributed by atoms with van der Waals surface area (Å²) in [4.78, 5) is 22.8. The van der Waals surface area contributed by atoms with Crippen molar-refractivity contribution in [2.45, 2.75) is 20.3 Å². The van der Waals surface area contributed by atoms with Crippen LogP contribution in [0.25, 0.3) is 0 Å². The van der Waals surface area contributed by atoms with Gasteiger partial charge in [-0.05, 0) is 37.1 Å². The minimum atomic E-state index is -1.10. The maximum Gasteiger partial charge on any atom is 0.339 e. The highest BCUT2D eigenvalue weighted by Gasteiger charge is 2.17. The molecule has 0 atom stereocenters. The lowest BCUT2D eigenvalue weighted by Gasteiger charge is -2.13. The topological polar surface area (TPSA) is 63.6 Å². The van der Waals surface area contributed by atoms with Crippen LogP contribution in [0.4, 0.5) is 0 Å². The molecule has 0 saturated carbocycles. The number of ether oxygens (including phenoxy) is 1. The molecule has 0 aliphatic carbocycles. The molecular formula is C18H18O4. The van der Waals surface area contributed by atoms with E-state index in [9.17, 15) is 14.7 Å². The summed E-state index contributed by atoms with van der Waals surface area (Å²) in [5.74, 6) is -0.934. The third kappa shape index (κ3) is 3.73. The van der Waals surface area contributed by atoms with Gasteiger partial charge in [0.15, 0.2) is 5.78 Å². The van der Waals surface area contributed by atoms with Gasteiger partial charge in [0, 0.05) is 12.0 Å². The van der Waals surface area contributed by atoms with Crippen molar-refractivity contribution in [3.8, 4) is 5.75 Å². The SMILES string of the molecule is CC(=O)c1cc(C)c(OCCc2ccccc2)c(C(=O)O)c1. The quantitative estimate of drug-likeness (QED) is 0.829. The predicted octanol–water partition coefficient (Wildman–Crippen LogP) is 3.52. The van der Waals surface area contributed by atoms with Crippen LogP contribution in [-0.4, -0.2) is 23.5 Å². The van der Waals surface area contributed by atoms with Gasteiger partial charge in [-0.3, -0.25) is 4.79 Å². The Morgan fingerprint density at radius 3 is 2.41 bits per heavy atom. The Morgan fingerprint density at radius 2 is 1.82 bits per heavy atom. The van der Waals surface area contributed by atoms with E-state index in [1.54, 1.807) is 13.0 Å². The first kappa shape index (κ1) is 15.8. The van der Waals surface area contributed by atoms with Gasteiger partial charge in [-0.1, -0.05) is 30.3 Å². The van der Waals surface area contributed by atoms with Crippen molar-refractivity contribution in [3.05, 3.63) is 64.7 Å². The van der Waals surface area contributed by atoms with Crippen molar-refractivity contribution in [3.63, 3.8) is 0 Å². The number of carboxylic acid groups (broad SMARTS) is 1. The predicted molar refractivity (Wildman–Crippen MR) is 83.8 cm³/mol. The fourth-order valence-electron chi connectivity index (χ4n) is 2.24. The molecule has 2 aromatic carbocycles. The van der Waals surface area contributed by atoms with E-state index in [0.29, 0.717) is 29.9 Å². The number of benzene rings is 2. The number of aryl methyl sites for hydroxylation is 1. The van der Waals surface area contributed by atoms with E-state index in [-0.39, 0.29) is 11.3 Å². The molecule has 0 aliphatic heterocycles. The molecule has 0 bridgehead atoms. The van der Waals surface area contributed by atoms with Crippen molar-refractivity contribution < 1.29 is 19.4 Å². The molecule has 114 valence electrons. The van der Waals surface area contributed by atoms with Crippen molar-refractivity contribution in [1.29, 1.82) is 0 Å². The third-order valence-electron chi connectivity index (χ3n) is 3.39. The van der Waals surface area contributed by atoms with Crippen LogP contribution in [0, 0.1) is 6.92 Å². The highest BCUT2D eigenvalue weighted by molar-refractivity contribution is 5.99. The summed E-state index contributed by atoms with van der Waals surface area (Å²) < 4.78 is 5.68. The second kappa shape index (κ2) is 6.89. The number of carboxylic acids is 1. The van der Waals surface area contributed by atoms with E-state index in [1.165, 1.54) is 13.0 Å². The van der Waals surface area contributed by atoms with Crippen molar-refractivity contribution in [1.82, 2.24) is 0 Å². The lowest BCUT2D eigenvalue weighted by Crippen LogP contribution is -2.09. The Kier molecular flexibility index (Phi) is 4.94. The molecule has 0 aliphatic rings. The van der Waals surface area contributed by atoms with Crippen LogP contribution in [0.2, 0.25) is 0 Å². The summed E-state index contributed by atoms with van der Waals surface area (Å²) in [6.45, 7) is 3.54. The maximum absolute atomic E-state index is 11.4. The molecule has 2 rings (SSSR count). The van der Waals surface area contributed by atoms with E-state index in [1.807, 2.05) is 30.3 Å². The number of hydrogen-bond acceptors (Lipinski definition) is 3. The molecular weight excluding hydrogens is 280 g/mol. The van der Waals surface area contributed by atoms with Crippen LogP contribution in [-0.2, 0) is 6.42 Å². The fourth-order valence-corrected chi connectivity index (χ4v) is 2.24. The van der Waals surface area contributed by atoms with Crippen molar-refractivity contribution >= 4 is 11.8 Å². The summed E-state index contributed by atoms with van der Waals surface area (Å²) in [6, 6.07) is 12.9. The molecule has 0 amide bonds. The molecule has 4 heteroatoms. The number of carbonyl (C=O) groups is 2. The molecule has 0 unspecified atom stereocenters. The minimum absolute atomic E-state index is 0.0262. The summed E-state index contributed by atoms with van der Waals surface area (Å²) in [6.07, 6.45) is 0.688. The summed E-state index contributed by atoms with van der Waals surface area (Å²) in [5, 5.41) is 9.32. The van der Waals surface area contributed by atoms with Gasteiger partial charge < -0.3 is 9.84 Å². The number of rotatable bonds is 6. The lowest BCUT2D eigenvalue weighted by molar-refractivity contribution is 0.0692. The first-order chi connectivity index (χ1) is 10.5. The number of carbonyl (C=O) groups excluding carboxylic acids is 1. The van der Waals surface area contributed by atoms with Gasteiger partial charge in [0.05, 0.1) is 6.61 Å². The van der Waals surface area contributed by atoms with Gasteiger partial charge in [0.25, 0.3) is 0 Å². The molecule has 22 heavy (non-hydrogen) atoms. The molecule has 0 radical (unpaired) electrons. The van der Waals surface area contributed by atoms with E-state index < -0.39 is 5.97 Å². The number of aromatic carboxylic acids is 1. The van der Waals surface area contributed by atoms with Gasteiger partial charge in [-0.25, -0.2) is 4.79 Å². The van der Waals surface area contributed by atoms with Crippen molar-refractivity contribution in [2.24, 2.45) is 0 Å². The van der Waals surface area contributed by atoms with Gasteiger partial charge in [-0.2, -0.15) is 0 Å². The maximum atomic E-state index is 11.4. The second-order valence-electron chi connectivity index (χ2n) is 5.12. The van der Waals surface area contributed by atoms with Gasteiger partial charge in [-0.15, -0.1) is 0 Å². The molecule has 1 N–H and O–H groups in total. The van der Waals surface area contributed by atoms with Crippen LogP contribution >= 0.6 is 0 Å². The van der Waals surface area contributed by atoms with Gasteiger partial charge >= 0.3 is 5.97 Å². The van der Waals surface area contributed by atoms with Gasteiger partial charge in [0.2, 0.25) is 0 Å². The zero-order valence-electron chi connectivity index (χ0n) is 12.6. The highest BCUT2D eigenvalue weighted by atomic mass is 16.5. The summed E-state index contributed by atoms with van der Waals surface area (Å²) in [7, 11) is 0. The molecule has 0 fully saturated rings. The molecule has 0 spiro atoms.